The summed E-state index contributed by atoms with van der Waals surface area (Å²) in [7, 11) is 1.58. The molecule has 6 nitrogen and oxygen atoms in total. The predicted molar refractivity (Wildman–Crippen MR) is 127 cm³/mol. The van der Waals surface area contributed by atoms with E-state index in [2.05, 4.69) is 22.5 Å². The van der Waals surface area contributed by atoms with E-state index < -0.39 is 5.91 Å². The quantitative estimate of drug-likeness (QED) is 0.334. The van der Waals surface area contributed by atoms with Crippen LogP contribution in [-0.2, 0) is 6.42 Å². The molecule has 4 rings (SSSR count). The number of phenols is 1. The lowest BCUT2D eigenvalue weighted by Gasteiger charge is -2.11. The molecule has 1 amide bonds. The number of anilines is 1. The van der Waals surface area contributed by atoms with Crippen LogP contribution in [0.4, 0.5) is 17.1 Å². The molecule has 0 aliphatic heterocycles. The summed E-state index contributed by atoms with van der Waals surface area (Å²) >= 11 is 0. The van der Waals surface area contributed by atoms with Gasteiger partial charge in [-0.1, -0.05) is 43.3 Å². The Morgan fingerprint density at radius 3 is 2.38 bits per heavy atom. The minimum Gasteiger partial charge on any atom is -0.505 e. The first-order valence-electron chi connectivity index (χ1n) is 10.3. The van der Waals surface area contributed by atoms with Gasteiger partial charge in [0.2, 0.25) is 0 Å². The fourth-order valence-corrected chi connectivity index (χ4v) is 3.37. The number of aromatic hydroxyl groups is 1. The molecule has 4 aromatic carbocycles. The SMILES string of the molecule is CCc1ccc(N=Nc2c(O)c(C(=O)Nc3ccc(OC)cc3)cc3ccccc23)cc1. The molecule has 0 atom stereocenters. The fraction of sp³-hybridized carbons (Fsp3) is 0.115. The van der Waals surface area contributed by atoms with Gasteiger partial charge in [-0.25, -0.2) is 0 Å². The molecule has 0 fully saturated rings. The number of hydrogen-bond donors (Lipinski definition) is 2. The number of azo groups is 1. The number of amides is 1. The molecule has 160 valence electrons. The zero-order valence-corrected chi connectivity index (χ0v) is 17.9. The van der Waals surface area contributed by atoms with E-state index in [1.807, 2.05) is 48.5 Å². The summed E-state index contributed by atoms with van der Waals surface area (Å²) in [6, 6.07) is 23.8. The molecular weight excluding hydrogens is 402 g/mol. The maximum absolute atomic E-state index is 13.0. The second-order valence-electron chi connectivity index (χ2n) is 7.25. The van der Waals surface area contributed by atoms with Crippen molar-refractivity contribution in [3.05, 3.63) is 90.0 Å². The molecule has 0 spiro atoms. The molecular formula is C26H23N3O3. The molecule has 0 aliphatic carbocycles. The lowest BCUT2D eigenvalue weighted by Crippen LogP contribution is -2.12. The third-order valence-corrected chi connectivity index (χ3v) is 5.20. The van der Waals surface area contributed by atoms with Gasteiger partial charge in [0.05, 0.1) is 18.4 Å². The number of nitrogens with zero attached hydrogens (tertiary/aromatic N) is 2. The Balaban J connectivity index is 1.71. The highest BCUT2D eigenvalue weighted by Gasteiger charge is 2.18. The third-order valence-electron chi connectivity index (χ3n) is 5.20. The van der Waals surface area contributed by atoms with Gasteiger partial charge in [-0.3, -0.25) is 4.79 Å². The summed E-state index contributed by atoms with van der Waals surface area (Å²) in [4.78, 5) is 13.0. The van der Waals surface area contributed by atoms with Crippen LogP contribution in [0.3, 0.4) is 0 Å². The molecule has 32 heavy (non-hydrogen) atoms. The van der Waals surface area contributed by atoms with Crippen molar-refractivity contribution in [3.63, 3.8) is 0 Å². The van der Waals surface area contributed by atoms with Crippen molar-refractivity contribution in [1.29, 1.82) is 0 Å². The van der Waals surface area contributed by atoms with Crippen LogP contribution in [0.1, 0.15) is 22.8 Å². The number of rotatable bonds is 6. The van der Waals surface area contributed by atoms with Gasteiger partial charge in [0.15, 0.2) is 5.75 Å². The van der Waals surface area contributed by atoms with Crippen molar-refractivity contribution < 1.29 is 14.6 Å². The van der Waals surface area contributed by atoms with Crippen LogP contribution in [0.25, 0.3) is 10.8 Å². The number of benzene rings is 4. The number of phenolic OH excluding ortho intramolecular Hbond substituents is 1. The van der Waals surface area contributed by atoms with Crippen molar-refractivity contribution in [3.8, 4) is 11.5 Å². The number of fused-ring (bicyclic) bond motifs is 1. The average Bonchev–Trinajstić information content (AvgIpc) is 2.84. The van der Waals surface area contributed by atoms with E-state index >= 15 is 0 Å². The third kappa shape index (κ3) is 4.44. The summed E-state index contributed by atoms with van der Waals surface area (Å²) in [5.41, 5.74) is 2.83. The van der Waals surface area contributed by atoms with E-state index in [1.54, 1.807) is 37.4 Å². The summed E-state index contributed by atoms with van der Waals surface area (Å²) in [5.74, 6) is 0.0250. The van der Waals surface area contributed by atoms with Gasteiger partial charge >= 0.3 is 0 Å². The van der Waals surface area contributed by atoms with E-state index in [-0.39, 0.29) is 17.0 Å². The molecule has 0 unspecified atom stereocenters. The van der Waals surface area contributed by atoms with Gasteiger partial charge in [0.25, 0.3) is 5.91 Å². The van der Waals surface area contributed by atoms with Crippen molar-refractivity contribution in [1.82, 2.24) is 0 Å². The largest absolute Gasteiger partial charge is 0.505 e. The zero-order valence-electron chi connectivity index (χ0n) is 17.9. The van der Waals surface area contributed by atoms with Crippen molar-refractivity contribution in [2.24, 2.45) is 10.2 Å². The van der Waals surface area contributed by atoms with E-state index in [1.165, 1.54) is 5.56 Å². The average molecular weight is 425 g/mol. The maximum atomic E-state index is 13.0. The number of carbonyl (C=O) groups is 1. The minimum atomic E-state index is -0.442. The Morgan fingerprint density at radius 1 is 0.969 bits per heavy atom. The topological polar surface area (TPSA) is 83.3 Å². The molecule has 2 N–H and O–H groups in total. The molecule has 0 bridgehead atoms. The maximum Gasteiger partial charge on any atom is 0.259 e. The standard InChI is InChI=1S/C26H23N3O3/c1-3-17-8-10-20(11-9-17)28-29-24-22-7-5-4-6-18(22)16-23(25(24)30)26(31)27-19-12-14-21(32-2)15-13-19/h4-16,30H,3H2,1-2H3,(H,27,31). The Kier molecular flexibility index (Phi) is 6.12. The highest BCUT2D eigenvalue weighted by atomic mass is 16.5. The fourth-order valence-electron chi connectivity index (χ4n) is 3.37. The van der Waals surface area contributed by atoms with E-state index in [0.717, 1.165) is 11.8 Å². The lowest BCUT2D eigenvalue weighted by molar-refractivity contribution is 0.102. The van der Waals surface area contributed by atoms with E-state index in [4.69, 9.17) is 4.74 Å². The number of hydrogen-bond acceptors (Lipinski definition) is 5. The first-order valence-corrected chi connectivity index (χ1v) is 10.3. The number of aryl methyl sites for hydroxylation is 1. The smallest absolute Gasteiger partial charge is 0.259 e. The lowest BCUT2D eigenvalue weighted by atomic mass is 10.0. The van der Waals surface area contributed by atoms with Gasteiger partial charge in [0.1, 0.15) is 11.4 Å². The number of ether oxygens (including phenoxy) is 1. The first-order chi connectivity index (χ1) is 15.6. The molecule has 0 aliphatic rings. The highest BCUT2D eigenvalue weighted by Crippen LogP contribution is 2.39. The monoisotopic (exact) mass is 425 g/mol. The number of nitrogens with one attached hydrogen (secondary N) is 1. The Bertz CT molecular complexity index is 1280. The summed E-state index contributed by atoms with van der Waals surface area (Å²) in [6.45, 7) is 2.09. The van der Waals surface area contributed by atoms with Crippen LogP contribution in [0.15, 0.2) is 89.1 Å². The van der Waals surface area contributed by atoms with Gasteiger partial charge in [-0.15, -0.1) is 5.11 Å². The minimum absolute atomic E-state index is 0.120. The predicted octanol–water partition coefficient (Wildman–Crippen LogP) is 6.78. The van der Waals surface area contributed by atoms with Crippen LogP contribution in [-0.4, -0.2) is 18.1 Å². The molecule has 0 aromatic heterocycles. The van der Waals surface area contributed by atoms with Crippen LogP contribution in [0.5, 0.6) is 11.5 Å². The molecule has 0 heterocycles. The number of methoxy groups -OCH3 is 1. The van der Waals surface area contributed by atoms with Crippen LogP contribution >= 0.6 is 0 Å². The van der Waals surface area contributed by atoms with Gasteiger partial charge in [-0.2, -0.15) is 5.11 Å². The molecule has 6 heteroatoms. The second-order valence-corrected chi connectivity index (χ2v) is 7.25. The van der Waals surface area contributed by atoms with Crippen LogP contribution < -0.4 is 10.1 Å². The molecule has 0 saturated heterocycles. The normalized spacial score (nSPS) is 11.1. The Morgan fingerprint density at radius 2 is 1.69 bits per heavy atom. The second kappa shape index (κ2) is 9.31. The summed E-state index contributed by atoms with van der Waals surface area (Å²) < 4.78 is 5.14. The van der Waals surface area contributed by atoms with Gasteiger partial charge < -0.3 is 15.2 Å². The van der Waals surface area contributed by atoms with Gasteiger partial charge in [-0.05, 0) is 59.8 Å². The van der Waals surface area contributed by atoms with Crippen molar-refractivity contribution >= 4 is 33.7 Å². The molecule has 4 aromatic rings. The molecule has 0 saturated carbocycles. The van der Waals surface area contributed by atoms with Crippen molar-refractivity contribution in [2.45, 2.75) is 13.3 Å². The Hall–Kier alpha value is -4.19. The van der Waals surface area contributed by atoms with Crippen LogP contribution in [0.2, 0.25) is 0 Å². The van der Waals surface area contributed by atoms with E-state index in [9.17, 15) is 9.90 Å². The summed E-state index contributed by atoms with van der Waals surface area (Å²) in [5, 5.41) is 23.8. The van der Waals surface area contributed by atoms with Crippen LogP contribution in [0, 0.1) is 0 Å². The van der Waals surface area contributed by atoms with Gasteiger partial charge in [0, 0.05) is 11.1 Å². The first kappa shape index (κ1) is 21.1. The van der Waals surface area contributed by atoms with Crippen molar-refractivity contribution in [2.75, 3.05) is 12.4 Å². The van der Waals surface area contributed by atoms with E-state index in [0.29, 0.717) is 22.5 Å². The molecule has 0 radical (unpaired) electrons. The highest BCUT2D eigenvalue weighted by molar-refractivity contribution is 6.11. The zero-order chi connectivity index (χ0) is 22.5. The Labute approximate surface area is 186 Å². The number of carbonyl (C=O) groups excluding carboxylic acids is 1. The summed E-state index contributed by atoms with van der Waals surface area (Å²) in [6.07, 6.45) is 0.939.